The van der Waals surface area contributed by atoms with Crippen LogP contribution >= 0.6 is 11.6 Å². The molecule has 0 aromatic heterocycles. The number of carbonyl (C=O) groups excluding carboxylic acids is 2. The minimum atomic E-state index is -0.000362. The highest BCUT2D eigenvalue weighted by molar-refractivity contribution is 6.31. The molecule has 1 aromatic carbocycles. The van der Waals surface area contributed by atoms with E-state index in [4.69, 9.17) is 11.6 Å². The molecule has 2 saturated carbocycles. The molecule has 25 heavy (non-hydrogen) atoms. The lowest BCUT2D eigenvalue weighted by atomic mass is 9.88. The summed E-state index contributed by atoms with van der Waals surface area (Å²) in [6, 6.07) is 5.19. The number of nitrogens with zero attached hydrogens (tertiary/aromatic N) is 1. The van der Waals surface area contributed by atoms with Crippen LogP contribution in [0.25, 0.3) is 0 Å². The van der Waals surface area contributed by atoms with Gasteiger partial charge in [-0.2, -0.15) is 0 Å². The van der Waals surface area contributed by atoms with Crippen LogP contribution in [0.1, 0.15) is 55.3 Å². The molecular formula is C20H25ClN2O2. The largest absolute Gasteiger partial charge is 0.339 e. The Bertz CT molecular complexity index is 684. The van der Waals surface area contributed by atoms with Crippen LogP contribution in [0.2, 0.25) is 5.02 Å². The Morgan fingerprint density at radius 1 is 1.08 bits per heavy atom. The molecule has 1 N–H and O–H groups in total. The summed E-state index contributed by atoms with van der Waals surface area (Å²) in [6.07, 6.45) is 7.89. The Balaban J connectivity index is 1.53. The first-order valence-corrected chi connectivity index (χ1v) is 9.89. The Labute approximate surface area is 153 Å². The van der Waals surface area contributed by atoms with E-state index in [9.17, 15) is 9.59 Å². The third kappa shape index (κ3) is 3.41. The monoisotopic (exact) mass is 360 g/mol. The smallest absolute Gasteiger partial charge is 0.255 e. The summed E-state index contributed by atoms with van der Waals surface area (Å²) < 4.78 is 0. The van der Waals surface area contributed by atoms with E-state index >= 15 is 0 Å². The molecule has 5 heteroatoms. The van der Waals surface area contributed by atoms with Crippen LogP contribution in [0.5, 0.6) is 0 Å². The van der Waals surface area contributed by atoms with Gasteiger partial charge >= 0.3 is 0 Å². The number of benzene rings is 1. The van der Waals surface area contributed by atoms with Crippen LogP contribution in [0.4, 0.5) is 5.69 Å². The van der Waals surface area contributed by atoms with Crippen molar-refractivity contribution in [1.29, 1.82) is 0 Å². The average molecular weight is 361 g/mol. The van der Waals surface area contributed by atoms with Gasteiger partial charge in [-0.1, -0.05) is 18.0 Å². The zero-order valence-corrected chi connectivity index (χ0v) is 15.2. The Hall–Kier alpha value is -1.55. The quantitative estimate of drug-likeness (QED) is 0.871. The van der Waals surface area contributed by atoms with Crippen molar-refractivity contribution in [1.82, 2.24) is 4.90 Å². The van der Waals surface area contributed by atoms with Crippen molar-refractivity contribution in [2.24, 2.45) is 17.8 Å². The molecule has 1 aromatic rings. The summed E-state index contributed by atoms with van der Waals surface area (Å²) in [5.41, 5.74) is 1.12. The van der Waals surface area contributed by atoms with E-state index in [1.807, 2.05) is 4.90 Å². The summed E-state index contributed by atoms with van der Waals surface area (Å²) in [4.78, 5) is 27.6. The maximum atomic E-state index is 12.9. The Kier molecular flexibility index (Phi) is 4.72. The minimum Gasteiger partial charge on any atom is -0.339 e. The van der Waals surface area contributed by atoms with Crippen LogP contribution in [0.3, 0.4) is 0 Å². The molecule has 0 unspecified atom stereocenters. The normalized spacial score (nSPS) is 28.2. The number of halogens is 1. The first-order valence-electron chi connectivity index (χ1n) is 9.51. The second-order valence-electron chi connectivity index (χ2n) is 7.81. The summed E-state index contributed by atoms with van der Waals surface area (Å²) >= 11 is 6.14. The van der Waals surface area contributed by atoms with Crippen LogP contribution < -0.4 is 5.32 Å². The van der Waals surface area contributed by atoms with E-state index in [2.05, 4.69) is 5.32 Å². The van der Waals surface area contributed by atoms with Gasteiger partial charge in [0.25, 0.3) is 5.91 Å². The summed E-state index contributed by atoms with van der Waals surface area (Å²) in [5, 5.41) is 3.57. The van der Waals surface area contributed by atoms with Crippen molar-refractivity contribution in [3.8, 4) is 0 Å². The molecule has 3 atom stereocenters. The van der Waals surface area contributed by atoms with Gasteiger partial charge in [0, 0.05) is 24.0 Å². The molecule has 1 saturated heterocycles. The number of hydrogen-bond donors (Lipinski definition) is 1. The minimum absolute atomic E-state index is 0.000362. The van der Waals surface area contributed by atoms with Gasteiger partial charge in [0.05, 0.1) is 11.3 Å². The van der Waals surface area contributed by atoms with Crippen LogP contribution in [0, 0.1) is 17.8 Å². The fourth-order valence-electron chi connectivity index (χ4n) is 4.86. The van der Waals surface area contributed by atoms with E-state index in [-0.39, 0.29) is 17.7 Å². The highest BCUT2D eigenvalue weighted by Gasteiger charge is 2.43. The molecule has 2 bridgehead atoms. The van der Waals surface area contributed by atoms with Crippen molar-refractivity contribution in [2.75, 3.05) is 18.4 Å². The van der Waals surface area contributed by atoms with Gasteiger partial charge in [0.2, 0.25) is 5.91 Å². The van der Waals surface area contributed by atoms with Gasteiger partial charge < -0.3 is 10.2 Å². The molecule has 2 amide bonds. The van der Waals surface area contributed by atoms with Crippen molar-refractivity contribution in [2.45, 2.75) is 44.9 Å². The molecule has 1 aliphatic heterocycles. The van der Waals surface area contributed by atoms with E-state index < -0.39 is 0 Å². The van der Waals surface area contributed by atoms with Crippen LogP contribution in [-0.4, -0.2) is 29.8 Å². The molecule has 2 aliphatic carbocycles. The maximum Gasteiger partial charge on any atom is 0.255 e. The van der Waals surface area contributed by atoms with E-state index in [1.165, 1.54) is 19.3 Å². The van der Waals surface area contributed by atoms with Crippen molar-refractivity contribution >= 4 is 29.1 Å². The zero-order chi connectivity index (χ0) is 17.4. The summed E-state index contributed by atoms with van der Waals surface area (Å²) in [7, 11) is 0. The zero-order valence-electron chi connectivity index (χ0n) is 14.5. The fourth-order valence-corrected chi connectivity index (χ4v) is 5.04. The van der Waals surface area contributed by atoms with Crippen molar-refractivity contribution in [3.05, 3.63) is 28.8 Å². The third-order valence-electron chi connectivity index (χ3n) is 6.19. The van der Waals surface area contributed by atoms with Gasteiger partial charge in [0.1, 0.15) is 0 Å². The molecule has 0 radical (unpaired) electrons. The standard InChI is InChI=1S/C20H25ClN2O2/c21-15-6-7-16(20(25)23-8-2-1-3-9-23)18(12-15)22-19(24)17-11-13-4-5-14(17)10-13/h6-7,12-14,17H,1-5,8-11H2,(H,22,24)/t13-,14-,17-/m0/s1. The predicted octanol–water partition coefficient (Wildman–Crippen LogP) is 4.34. The van der Waals surface area contributed by atoms with E-state index in [0.717, 1.165) is 44.7 Å². The number of piperidine rings is 1. The first kappa shape index (κ1) is 16.9. The maximum absolute atomic E-state index is 12.9. The van der Waals surface area contributed by atoms with Crippen LogP contribution in [0.15, 0.2) is 18.2 Å². The second kappa shape index (κ2) is 6.99. The second-order valence-corrected chi connectivity index (χ2v) is 8.25. The number of fused-ring (bicyclic) bond motifs is 2. The lowest BCUT2D eigenvalue weighted by molar-refractivity contribution is -0.121. The Morgan fingerprint density at radius 2 is 1.88 bits per heavy atom. The van der Waals surface area contributed by atoms with Crippen molar-refractivity contribution in [3.63, 3.8) is 0 Å². The SMILES string of the molecule is O=C(Nc1cc(Cl)ccc1C(=O)N1CCCCC1)[C@H]1C[C@H]2CC[C@H]1C2. The molecule has 3 aliphatic rings. The number of amides is 2. The lowest BCUT2D eigenvalue weighted by Crippen LogP contribution is -2.36. The summed E-state index contributed by atoms with van der Waals surface area (Å²) in [6.45, 7) is 1.59. The molecule has 4 nitrogen and oxygen atoms in total. The molecule has 134 valence electrons. The predicted molar refractivity (Wildman–Crippen MR) is 98.8 cm³/mol. The summed E-state index contributed by atoms with van der Waals surface area (Å²) in [5.74, 6) is 1.39. The third-order valence-corrected chi connectivity index (χ3v) is 6.42. The van der Waals surface area contributed by atoms with E-state index in [0.29, 0.717) is 22.2 Å². The van der Waals surface area contributed by atoms with Crippen molar-refractivity contribution < 1.29 is 9.59 Å². The fraction of sp³-hybridized carbons (Fsp3) is 0.600. The number of anilines is 1. The number of hydrogen-bond acceptors (Lipinski definition) is 2. The highest BCUT2D eigenvalue weighted by Crippen LogP contribution is 2.48. The van der Waals surface area contributed by atoms with Gasteiger partial charge in [-0.3, -0.25) is 9.59 Å². The number of carbonyl (C=O) groups is 2. The average Bonchev–Trinajstić information content (AvgIpc) is 3.25. The first-order chi connectivity index (χ1) is 12.1. The van der Waals surface area contributed by atoms with Gasteiger partial charge in [-0.25, -0.2) is 0 Å². The molecule has 0 spiro atoms. The van der Waals surface area contributed by atoms with Gasteiger partial charge in [0.15, 0.2) is 0 Å². The molecule has 3 fully saturated rings. The number of rotatable bonds is 3. The molecular weight excluding hydrogens is 336 g/mol. The number of likely N-dealkylation sites (tertiary alicyclic amines) is 1. The van der Waals surface area contributed by atoms with Gasteiger partial charge in [-0.05, 0) is 68.6 Å². The Morgan fingerprint density at radius 3 is 2.56 bits per heavy atom. The molecule has 1 heterocycles. The van der Waals surface area contributed by atoms with Gasteiger partial charge in [-0.15, -0.1) is 0 Å². The lowest BCUT2D eigenvalue weighted by Gasteiger charge is -2.28. The number of nitrogens with one attached hydrogen (secondary N) is 1. The highest BCUT2D eigenvalue weighted by atomic mass is 35.5. The topological polar surface area (TPSA) is 49.4 Å². The van der Waals surface area contributed by atoms with E-state index in [1.54, 1.807) is 18.2 Å². The van der Waals surface area contributed by atoms with Crippen LogP contribution in [-0.2, 0) is 4.79 Å². The molecule has 4 rings (SSSR count).